The van der Waals surface area contributed by atoms with Crippen molar-refractivity contribution in [1.82, 2.24) is 0 Å². The molecule has 0 aliphatic rings. The molecule has 26 heavy (non-hydrogen) atoms. The van der Waals surface area contributed by atoms with Gasteiger partial charge in [0.05, 0.1) is 0 Å². The van der Waals surface area contributed by atoms with Crippen molar-refractivity contribution < 1.29 is 19.1 Å². The molecule has 0 fully saturated rings. The van der Waals surface area contributed by atoms with Gasteiger partial charge in [0.25, 0.3) is 0 Å². The van der Waals surface area contributed by atoms with E-state index in [0.717, 1.165) is 50.3 Å². The molecule has 2 aromatic carbocycles. The standard InChI is InChI=1S/C22H24O4/c1-13-14(2)19(10-8-17(13)9-11-21(23)24)25-12-18-6-5-7-20-22(18)15(3)16(4)26-20/h5-8,10H,9,11-12H2,1-4H3,(H,23,24). The van der Waals surface area contributed by atoms with E-state index in [1.807, 2.05) is 45.0 Å². The molecule has 4 nitrogen and oxygen atoms in total. The molecule has 136 valence electrons. The first-order valence-corrected chi connectivity index (χ1v) is 8.79. The van der Waals surface area contributed by atoms with Gasteiger partial charge in [-0.25, -0.2) is 0 Å². The maximum Gasteiger partial charge on any atom is 0.303 e. The van der Waals surface area contributed by atoms with Crippen LogP contribution in [0.3, 0.4) is 0 Å². The number of aliphatic carboxylic acids is 1. The van der Waals surface area contributed by atoms with E-state index in [2.05, 4.69) is 13.0 Å². The summed E-state index contributed by atoms with van der Waals surface area (Å²) in [5.41, 5.74) is 6.34. The van der Waals surface area contributed by atoms with E-state index >= 15 is 0 Å². The highest BCUT2D eigenvalue weighted by Gasteiger charge is 2.13. The zero-order chi connectivity index (χ0) is 18.8. The van der Waals surface area contributed by atoms with Gasteiger partial charge in [-0.3, -0.25) is 4.79 Å². The molecule has 3 rings (SSSR count). The number of hydrogen-bond donors (Lipinski definition) is 1. The van der Waals surface area contributed by atoms with Crippen molar-refractivity contribution in [3.05, 3.63) is 63.9 Å². The zero-order valence-corrected chi connectivity index (χ0v) is 15.7. The van der Waals surface area contributed by atoms with Crippen LogP contribution in [-0.2, 0) is 17.8 Å². The third-order valence-electron chi connectivity index (χ3n) is 5.12. The summed E-state index contributed by atoms with van der Waals surface area (Å²) in [6.07, 6.45) is 0.677. The number of fused-ring (bicyclic) bond motifs is 1. The summed E-state index contributed by atoms with van der Waals surface area (Å²) in [5.74, 6) is 0.986. The van der Waals surface area contributed by atoms with E-state index in [1.54, 1.807) is 0 Å². The molecule has 0 aliphatic heterocycles. The van der Waals surface area contributed by atoms with Crippen LogP contribution in [-0.4, -0.2) is 11.1 Å². The quantitative estimate of drug-likeness (QED) is 0.657. The number of ether oxygens (including phenoxy) is 1. The molecule has 0 saturated carbocycles. The van der Waals surface area contributed by atoms with Crippen LogP contribution >= 0.6 is 0 Å². The van der Waals surface area contributed by atoms with E-state index in [4.69, 9.17) is 14.3 Å². The maximum atomic E-state index is 10.8. The van der Waals surface area contributed by atoms with Crippen molar-refractivity contribution >= 4 is 16.9 Å². The molecule has 3 aromatic rings. The van der Waals surface area contributed by atoms with Gasteiger partial charge < -0.3 is 14.3 Å². The van der Waals surface area contributed by atoms with Gasteiger partial charge in [-0.05, 0) is 68.5 Å². The summed E-state index contributed by atoms with van der Waals surface area (Å²) < 4.78 is 11.9. The lowest BCUT2D eigenvalue weighted by Crippen LogP contribution is -2.03. The van der Waals surface area contributed by atoms with Crippen LogP contribution in [0.2, 0.25) is 0 Å². The minimum Gasteiger partial charge on any atom is -0.489 e. The number of carboxylic acid groups (broad SMARTS) is 1. The van der Waals surface area contributed by atoms with Gasteiger partial charge >= 0.3 is 5.97 Å². The molecule has 0 spiro atoms. The summed E-state index contributed by atoms with van der Waals surface area (Å²) in [4.78, 5) is 10.8. The van der Waals surface area contributed by atoms with Crippen molar-refractivity contribution in [1.29, 1.82) is 0 Å². The third-order valence-corrected chi connectivity index (χ3v) is 5.12. The van der Waals surface area contributed by atoms with Crippen LogP contribution in [0.25, 0.3) is 11.0 Å². The highest BCUT2D eigenvalue weighted by atomic mass is 16.5. The second-order valence-electron chi connectivity index (χ2n) is 6.73. The highest BCUT2D eigenvalue weighted by Crippen LogP contribution is 2.30. The zero-order valence-electron chi connectivity index (χ0n) is 15.7. The molecule has 1 heterocycles. The Bertz CT molecular complexity index is 966. The first kappa shape index (κ1) is 18.1. The number of hydrogen-bond acceptors (Lipinski definition) is 3. The predicted octanol–water partition coefficient (Wildman–Crippen LogP) is 5.26. The molecule has 0 bridgehead atoms. The SMILES string of the molecule is Cc1oc2cccc(COc3ccc(CCC(=O)O)c(C)c3C)c2c1C. The number of furan rings is 1. The summed E-state index contributed by atoms with van der Waals surface area (Å²) >= 11 is 0. The van der Waals surface area contributed by atoms with Gasteiger partial charge in [0, 0.05) is 17.4 Å². The minimum atomic E-state index is -0.777. The molecule has 1 N–H and O–H groups in total. The molecule has 1 aromatic heterocycles. The summed E-state index contributed by atoms with van der Waals surface area (Å²) in [6, 6.07) is 9.93. The Morgan fingerprint density at radius 2 is 1.77 bits per heavy atom. The van der Waals surface area contributed by atoms with Crippen LogP contribution in [0.1, 0.15) is 40.0 Å². The van der Waals surface area contributed by atoms with Crippen molar-refractivity contribution in [2.75, 3.05) is 0 Å². The van der Waals surface area contributed by atoms with Crippen molar-refractivity contribution in [3.63, 3.8) is 0 Å². The summed E-state index contributed by atoms with van der Waals surface area (Å²) in [5, 5.41) is 10.0. The average Bonchev–Trinajstić information content (AvgIpc) is 2.90. The van der Waals surface area contributed by atoms with Crippen LogP contribution < -0.4 is 4.74 Å². The van der Waals surface area contributed by atoms with Gasteiger partial charge in [0.15, 0.2) is 0 Å². The average molecular weight is 352 g/mol. The molecule has 0 atom stereocenters. The lowest BCUT2D eigenvalue weighted by molar-refractivity contribution is -0.136. The number of rotatable bonds is 6. The smallest absolute Gasteiger partial charge is 0.303 e. The van der Waals surface area contributed by atoms with Crippen molar-refractivity contribution in [2.45, 2.75) is 47.1 Å². The second-order valence-corrected chi connectivity index (χ2v) is 6.73. The summed E-state index contributed by atoms with van der Waals surface area (Å²) in [6.45, 7) is 8.54. The van der Waals surface area contributed by atoms with Gasteiger partial charge in [0.1, 0.15) is 23.7 Å². The van der Waals surface area contributed by atoms with Crippen molar-refractivity contribution in [3.8, 4) is 5.75 Å². The molecule has 4 heteroatoms. The van der Waals surface area contributed by atoms with E-state index in [-0.39, 0.29) is 6.42 Å². The van der Waals surface area contributed by atoms with E-state index in [1.165, 1.54) is 0 Å². The number of aryl methyl sites for hydroxylation is 3. The maximum absolute atomic E-state index is 10.8. The molecular formula is C22H24O4. The summed E-state index contributed by atoms with van der Waals surface area (Å²) in [7, 11) is 0. The lowest BCUT2D eigenvalue weighted by atomic mass is 9.99. The van der Waals surface area contributed by atoms with Crippen LogP contribution in [0.5, 0.6) is 5.75 Å². The molecule has 0 radical (unpaired) electrons. The Balaban J connectivity index is 1.82. The van der Waals surface area contributed by atoms with Crippen LogP contribution in [0.4, 0.5) is 0 Å². The fourth-order valence-electron chi connectivity index (χ4n) is 3.30. The Hall–Kier alpha value is -2.75. The van der Waals surface area contributed by atoms with Crippen LogP contribution in [0.15, 0.2) is 34.7 Å². The van der Waals surface area contributed by atoms with Gasteiger partial charge in [-0.2, -0.15) is 0 Å². The van der Waals surface area contributed by atoms with Gasteiger partial charge in [-0.15, -0.1) is 0 Å². The van der Waals surface area contributed by atoms with Gasteiger partial charge in [0.2, 0.25) is 0 Å². The minimum absolute atomic E-state index is 0.140. The first-order valence-electron chi connectivity index (χ1n) is 8.79. The molecular weight excluding hydrogens is 328 g/mol. The number of carbonyl (C=O) groups is 1. The normalized spacial score (nSPS) is 11.1. The fourth-order valence-corrected chi connectivity index (χ4v) is 3.30. The van der Waals surface area contributed by atoms with Gasteiger partial charge in [-0.1, -0.05) is 18.2 Å². The Morgan fingerprint density at radius 3 is 2.50 bits per heavy atom. The van der Waals surface area contributed by atoms with E-state index in [0.29, 0.717) is 13.0 Å². The van der Waals surface area contributed by atoms with E-state index < -0.39 is 5.97 Å². The monoisotopic (exact) mass is 352 g/mol. The molecule has 0 saturated heterocycles. The Kier molecular flexibility index (Phi) is 5.03. The number of benzene rings is 2. The third kappa shape index (κ3) is 3.45. The van der Waals surface area contributed by atoms with Crippen molar-refractivity contribution in [2.24, 2.45) is 0 Å². The van der Waals surface area contributed by atoms with E-state index in [9.17, 15) is 4.79 Å². The lowest BCUT2D eigenvalue weighted by Gasteiger charge is -2.15. The first-order chi connectivity index (χ1) is 12.4. The largest absolute Gasteiger partial charge is 0.489 e. The topological polar surface area (TPSA) is 59.7 Å². The predicted molar refractivity (Wildman–Crippen MR) is 102 cm³/mol. The Morgan fingerprint density at radius 1 is 1.00 bits per heavy atom. The highest BCUT2D eigenvalue weighted by molar-refractivity contribution is 5.85. The number of carboxylic acids is 1. The molecule has 0 aliphatic carbocycles. The second kappa shape index (κ2) is 7.24. The fraction of sp³-hybridized carbons (Fsp3) is 0.318. The molecule has 0 unspecified atom stereocenters. The molecule has 0 amide bonds. The van der Waals surface area contributed by atoms with Crippen LogP contribution in [0, 0.1) is 27.7 Å². The Labute approximate surface area is 153 Å².